The largest absolute Gasteiger partial charge is 1.00 e. The van der Waals surface area contributed by atoms with Crippen LogP contribution < -0.4 is 61.2 Å². The van der Waals surface area contributed by atoms with Crippen LogP contribution in [0.2, 0.25) is 0 Å². The molecule has 4 heteroatoms. The fraction of sp³-hybridized carbons (Fsp3) is 0.458. The minimum absolute atomic E-state index is 0. The standard InChI is InChI=1S/C24H24O3.K/c25-23(26)22-18-10-17-3-1-2-4-20(17)27-21(18)6-5-19(22)24-11-14-7-15(12-24)9-16(8-14)13-24;/h1-6,14-16H,7-13H2,(H,25,26);/q;+1/p-1. The molecular formula is C24H23KO3. The van der Waals surface area contributed by atoms with Gasteiger partial charge in [-0.25, -0.2) is 0 Å². The van der Waals surface area contributed by atoms with Crippen molar-refractivity contribution >= 4 is 5.97 Å². The predicted molar refractivity (Wildman–Crippen MR) is 99.9 cm³/mol. The molecule has 28 heavy (non-hydrogen) atoms. The molecule has 0 unspecified atom stereocenters. The molecule has 0 spiro atoms. The van der Waals surface area contributed by atoms with E-state index in [1.807, 2.05) is 36.4 Å². The quantitative estimate of drug-likeness (QED) is 0.610. The van der Waals surface area contributed by atoms with E-state index in [-0.39, 0.29) is 56.8 Å². The zero-order chi connectivity index (χ0) is 18.2. The summed E-state index contributed by atoms with van der Waals surface area (Å²) in [5.41, 5.74) is 3.35. The number of carboxylic acid groups (broad SMARTS) is 1. The van der Waals surface area contributed by atoms with Crippen molar-refractivity contribution in [1.29, 1.82) is 0 Å². The SMILES string of the molecule is O=C([O-])c1c(C23CC4CC(CC(C4)C2)C3)ccc2c1Cc1ccccc1O2.[K+]. The van der Waals surface area contributed by atoms with E-state index in [0.29, 0.717) is 17.7 Å². The average Bonchev–Trinajstić information content (AvgIpc) is 2.64. The summed E-state index contributed by atoms with van der Waals surface area (Å²) in [6, 6.07) is 12.0. The van der Waals surface area contributed by atoms with Gasteiger partial charge in [0.25, 0.3) is 0 Å². The Morgan fingerprint density at radius 3 is 2.21 bits per heavy atom. The van der Waals surface area contributed by atoms with Crippen molar-refractivity contribution in [3.05, 3.63) is 58.7 Å². The summed E-state index contributed by atoms with van der Waals surface area (Å²) < 4.78 is 6.05. The van der Waals surface area contributed by atoms with Crippen LogP contribution in [0.1, 0.15) is 65.6 Å². The maximum atomic E-state index is 12.3. The monoisotopic (exact) mass is 398 g/mol. The molecule has 1 heterocycles. The van der Waals surface area contributed by atoms with Gasteiger partial charge in [-0.2, -0.15) is 0 Å². The number of benzene rings is 2. The van der Waals surface area contributed by atoms with Gasteiger partial charge in [0.05, 0.1) is 5.97 Å². The van der Waals surface area contributed by atoms with Crippen LogP contribution >= 0.6 is 0 Å². The van der Waals surface area contributed by atoms with Gasteiger partial charge in [0, 0.05) is 17.5 Å². The zero-order valence-electron chi connectivity index (χ0n) is 16.4. The van der Waals surface area contributed by atoms with Gasteiger partial charge >= 0.3 is 51.4 Å². The molecule has 0 aromatic heterocycles. The van der Waals surface area contributed by atoms with E-state index < -0.39 is 5.97 Å². The van der Waals surface area contributed by atoms with Crippen LogP contribution in [0.4, 0.5) is 0 Å². The van der Waals surface area contributed by atoms with Crippen LogP contribution in [0.5, 0.6) is 11.5 Å². The van der Waals surface area contributed by atoms with Gasteiger partial charge in [-0.05, 0) is 85.0 Å². The van der Waals surface area contributed by atoms with Gasteiger partial charge in [-0.15, -0.1) is 0 Å². The number of hydrogen-bond acceptors (Lipinski definition) is 3. The van der Waals surface area contributed by atoms with Gasteiger partial charge in [0.1, 0.15) is 11.5 Å². The van der Waals surface area contributed by atoms with E-state index in [2.05, 4.69) is 0 Å². The minimum Gasteiger partial charge on any atom is -0.545 e. The van der Waals surface area contributed by atoms with E-state index in [1.54, 1.807) is 0 Å². The van der Waals surface area contributed by atoms with Crippen molar-refractivity contribution in [3.8, 4) is 11.5 Å². The van der Waals surface area contributed by atoms with Crippen LogP contribution in [-0.2, 0) is 11.8 Å². The third-order valence-electron chi connectivity index (χ3n) is 7.64. The minimum atomic E-state index is -1.04. The maximum absolute atomic E-state index is 12.3. The molecule has 2 aromatic rings. The molecule has 4 fully saturated rings. The van der Waals surface area contributed by atoms with Crippen molar-refractivity contribution in [1.82, 2.24) is 0 Å². The smallest absolute Gasteiger partial charge is 0.545 e. The van der Waals surface area contributed by atoms with Crippen LogP contribution in [0.15, 0.2) is 36.4 Å². The zero-order valence-corrected chi connectivity index (χ0v) is 19.5. The molecule has 4 saturated carbocycles. The second-order valence-corrected chi connectivity index (χ2v) is 9.34. The molecule has 138 valence electrons. The molecule has 0 amide bonds. The second-order valence-electron chi connectivity index (χ2n) is 9.34. The van der Waals surface area contributed by atoms with Gasteiger partial charge in [-0.3, -0.25) is 0 Å². The fourth-order valence-electron chi connectivity index (χ4n) is 7.07. The molecule has 0 saturated heterocycles. The summed E-state index contributed by atoms with van der Waals surface area (Å²) in [6.07, 6.45) is 8.10. The second kappa shape index (κ2) is 6.95. The Morgan fingerprint density at radius 2 is 1.57 bits per heavy atom. The number of carboxylic acids is 1. The first-order chi connectivity index (χ1) is 13.1. The van der Waals surface area contributed by atoms with E-state index in [1.165, 1.54) is 19.3 Å². The molecule has 4 aliphatic carbocycles. The van der Waals surface area contributed by atoms with Crippen molar-refractivity contribution < 1.29 is 66.0 Å². The number of fused-ring (bicyclic) bond motifs is 2. The van der Waals surface area contributed by atoms with Crippen LogP contribution in [0, 0.1) is 17.8 Å². The number of carbonyl (C=O) groups is 1. The first kappa shape index (κ1) is 19.3. The van der Waals surface area contributed by atoms with Gasteiger partial charge in [0.2, 0.25) is 0 Å². The summed E-state index contributed by atoms with van der Waals surface area (Å²) in [7, 11) is 0. The fourth-order valence-corrected chi connectivity index (χ4v) is 7.07. The Labute approximate surface area is 208 Å². The van der Waals surface area contributed by atoms with Gasteiger partial charge in [0.15, 0.2) is 0 Å². The van der Waals surface area contributed by atoms with E-state index in [0.717, 1.165) is 59.5 Å². The summed E-state index contributed by atoms with van der Waals surface area (Å²) in [6.45, 7) is 0. The Hall–Kier alpha value is -0.654. The molecule has 0 N–H and O–H groups in total. The third kappa shape index (κ3) is 2.87. The Kier molecular flexibility index (Phi) is 4.80. The molecule has 7 rings (SSSR count). The molecule has 2 aromatic carbocycles. The van der Waals surface area contributed by atoms with E-state index in [4.69, 9.17) is 4.74 Å². The number of hydrogen-bond donors (Lipinski definition) is 0. The molecule has 0 atom stereocenters. The molecule has 5 aliphatic rings. The van der Waals surface area contributed by atoms with Crippen molar-refractivity contribution in [2.75, 3.05) is 0 Å². The van der Waals surface area contributed by atoms with E-state index in [9.17, 15) is 9.90 Å². The summed E-state index contributed by atoms with van der Waals surface area (Å²) in [5, 5.41) is 12.3. The number of rotatable bonds is 2. The van der Waals surface area contributed by atoms with Gasteiger partial charge < -0.3 is 14.6 Å². The maximum Gasteiger partial charge on any atom is 1.00 e. The number of aromatic carboxylic acids is 1. The van der Waals surface area contributed by atoms with Crippen LogP contribution in [0.3, 0.4) is 0 Å². The van der Waals surface area contributed by atoms with Crippen LogP contribution in [-0.4, -0.2) is 5.97 Å². The molecule has 4 bridgehead atoms. The Bertz CT molecular complexity index is 929. The average molecular weight is 399 g/mol. The number of ether oxygens (including phenoxy) is 1. The van der Waals surface area contributed by atoms with Crippen LogP contribution in [0.25, 0.3) is 0 Å². The van der Waals surface area contributed by atoms with Gasteiger partial charge in [-0.1, -0.05) is 24.3 Å². The Balaban J connectivity index is 0.00000171. The summed E-state index contributed by atoms with van der Waals surface area (Å²) >= 11 is 0. The number of para-hydroxylation sites is 1. The summed E-state index contributed by atoms with van der Waals surface area (Å²) in [5.74, 6) is 2.80. The predicted octanol–water partition coefficient (Wildman–Crippen LogP) is 1.22. The third-order valence-corrected chi connectivity index (χ3v) is 7.64. The number of carbonyl (C=O) groups excluding carboxylic acids is 1. The first-order valence-corrected chi connectivity index (χ1v) is 10.2. The Morgan fingerprint density at radius 1 is 0.929 bits per heavy atom. The van der Waals surface area contributed by atoms with E-state index >= 15 is 0 Å². The molecule has 0 radical (unpaired) electrons. The topological polar surface area (TPSA) is 49.4 Å². The van der Waals surface area contributed by atoms with Crippen molar-refractivity contribution in [2.45, 2.75) is 50.4 Å². The van der Waals surface area contributed by atoms with Crippen molar-refractivity contribution in [2.24, 2.45) is 17.8 Å². The first-order valence-electron chi connectivity index (χ1n) is 10.2. The molecule has 3 nitrogen and oxygen atoms in total. The molecular weight excluding hydrogens is 375 g/mol. The van der Waals surface area contributed by atoms with Crippen molar-refractivity contribution in [3.63, 3.8) is 0 Å². The molecule has 1 aliphatic heterocycles. The summed E-state index contributed by atoms with van der Waals surface area (Å²) in [4.78, 5) is 12.3. The normalized spacial score (nSPS) is 31.4.